The highest BCUT2D eigenvalue weighted by Crippen LogP contribution is 2.32. The molecule has 0 heterocycles. The molecule has 0 unspecified atom stereocenters. The molecule has 24 heavy (non-hydrogen) atoms. The van der Waals surface area contributed by atoms with Gasteiger partial charge in [-0.2, -0.15) is 5.26 Å². The number of amides is 2. The molecule has 0 saturated heterocycles. The van der Waals surface area contributed by atoms with E-state index in [0.717, 1.165) is 32.1 Å². The van der Waals surface area contributed by atoms with E-state index in [1.807, 2.05) is 32.6 Å². The minimum Gasteiger partial charge on any atom is -0.350 e. The van der Waals surface area contributed by atoms with E-state index in [9.17, 15) is 14.9 Å². The van der Waals surface area contributed by atoms with E-state index in [0.29, 0.717) is 6.54 Å². The molecule has 0 spiro atoms. The third kappa shape index (κ3) is 5.79. The van der Waals surface area contributed by atoms with Gasteiger partial charge in [-0.3, -0.25) is 14.5 Å². The van der Waals surface area contributed by atoms with Crippen LogP contribution < -0.4 is 5.32 Å². The second kappa shape index (κ2) is 8.48. The molecule has 0 radical (unpaired) electrons. The van der Waals surface area contributed by atoms with Gasteiger partial charge in [-0.25, -0.2) is 0 Å². The van der Waals surface area contributed by atoms with Gasteiger partial charge in [0.15, 0.2) is 0 Å². The number of likely N-dealkylation sites (N-methyl/N-ethyl adjacent to an activating group) is 2. The van der Waals surface area contributed by atoms with E-state index in [4.69, 9.17) is 0 Å². The average Bonchev–Trinajstić information content (AvgIpc) is 2.52. The van der Waals surface area contributed by atoms with Gasteiger partial charge in [0, 0.05) is 12.6 Å². The zero-order chi connectivity index (χ0) is 18.4. The molecule has 0 aromatic carbocycles. The zero-order valence-electron chi connectivity index (χ0n) is 15.8. The fourth-order valence-electron chi connectivity index (χ4n) is 3.14. The lowest BCUT2D eigenvalue weighted by Gasteiger charge is -2.39. The van der Waals surface area contributed by atoms with Crippen LogP contribution in [0, 0.1) is 11.3 Å². The minimum atomic E-state index is -0.678. The van der Waals surface area contributed by atoms with E-state index in [-0.39, 0.29) is 30.4 Å². The van der Waals surface area contributed by atoms with Crippen LogP contribution in [-0.4, -0.2) is 59.4 Å². The van der Waals surface area contributed by atoms with E-state index in [1.165, 1.54) is 0 Å². The van der Waals surface area contributed by atoms with Gasteiger partial charge >= 0.3 is 0 Å². The Morgan fingerprint density at radius 2 is 1.75 bits per heavy atom. The Morgan fingerprint density at radius 3 is 2.21 bits per heavy atom. The molecule has 6 heteroatoms. The number of carbonyl (C=O) groups excluding carboxylic acids is 2. The number of rotatable bonds is 6. The number of hydrogen-bond acceptors (Lipinski definition) is 4. The first-order valence-corrected chi connectivity index (χ1v) is 8.85. The lowest BCUT2D eigenvalue weighted by atomic mass is 9.81. The summed E-state index contributed by atoms with van der Waals surface area (Å²) in [4.78, 5) is 28.1. The maximum atomic E-state index is 12.6. The predicted molar refractivity (Wildman–Crippen MR) is 94.2 cm³/mol. The average molecular weight is 336 g/mol. The van der Waals surface area contributed by atoms with Crippen molar-refractivity contribution in [2.24, 2.45) is 0 Å². The third-order valence-corrected chi connectivity index (χ3v) is 4.59. The highest BCUT2D eigenvalue weighted by Gasteiger charge is 2.39. The van der Waals surface area contributed by atoms with Crippen LogP contribution in [0.5, 0.6) is 0 Å². The molecule has 2 amide bonds. The molecule has 1 saturated carbocycles. The van der Waals surface area contributed by atoms with Gasteiger partial charge in [0.05, 0.1) is 19.2 Å². The van der Waals surface area contributed by atoms with Crippen LogP contribution >= 0.6 is 0 Å². The number of carbonyl (C=O) groups is 2. The summed E-state index contributed by atoms with van der Waals surface area (Å²) in [7, 11) is 1.72. The van der Waals surface area contributed by atoms with Crippen LogP contribution in [0.2, 0.25) is 0 Å². The van der Waals surface area contributed by atoms with Crippen molar-refractivity contribution in [1.82, 2.24) is 15.1 Å². The summed E-state index contributed by atoms with van der Waals surface area (Å²) in [5.74, 6) is -0.184. The number of nitrogens with zero attached hydrogens (tertiary/aromatic N) is 3. The minimum absolute atomic E-state index is 0.0903. The van der Waals surface area contributed by atoms with Crippen LogP contribution in [0.1, 0.15) is 59.8 Å². The molecule has 1 N–H and O–H groups in total. The fraction of sp³-hybridized carbons (Fsp3) is 0.833. The maximum absolute atomic E-state index is 12.6. The van der Waals surface area contributed by atoms with Gasteiger partial charge in [-0.05, 0) is 40.2 Å². The van der Waals surface area contributed by atoms with Crippen molar-refractivity contribution in [1.29, 1.82) is 5.26 Å². The largest absolute Gasteiger partial charge is 0.350 e. The summed E-state index contributed by atoms with van der Waals surface area (Å²) in [6, 6.07) is 2.37. The molecular formula is C18H32N4O2. The summed E-state index contributed by atoms with van der Waals surface area (Å²) in [6.07, 6.45) is 4.57. The Morgan fingerprint density at radius 1 is 1.17 bits per heavy atom. The van der Waals surface area contributed by atoms with Gasteiger partial charge in [-0.15, -0.1) is 0 Å². The van der Waals surface area contributed by atoms with Crippen molar-refractivity contribution in [3.05, 3.63) is 0 Å². The lowest BCUT2D eigenvalue weighted by molar-refractivity contribution is -0.136. The molecule has 6 nitrogen and oxygen atoms in total. The fourth-order valence-corrected chi connectivity index (χ4v) is 3.14. The van der Waals surface area contributed by atoms with Gasteiger partial charge < -0.3 is 10.2 Å². The Hall–Kier alpha value is -1.61. The number of hydrogen-bond donors (Lipinski definition) is 1. The molecular weight excluding hydrogens is 304 g/mol. The van der Waals surface area contributed by atoms with E-state index < -0.39 is 5.54 Å². The zero-order valence-corrected chi connectivity index (χ0v) is 15.8. The third-order valence-electron chi connectivity index (χ3n) is 4.59. The van der Waals surface area contributed by atoms with Crippen molar-refractivity contribution in [3.8, 4) is 6.07 Å². The summed E-state index contributed by atoms with van der Waals surface area (Å²) >= 11 is 0. The standard InChI is InChI=1S/C18H32N4O2/c1-6-22(12-15(23)20-17(2,3)4)13-16(24)21(5)18(14-19)10-8-7-9-11-18/h6-13H2,1-5H3,(H,20,23). The molecule has 1 fully saturated rings. The van der Waals surface area contributed by atoms with Gasteiger partial charge in [-0.1, -0.05) is 26.2 Å². The Bertz CT molecular complexity index is 484. The van der Waals surface area contributed by atoms with Crippen molar-refractivity contribution < 1.29 is 9.59 Å². The molecule has 1 rings (SSSR count). The van der Waals surface area contributed by atoms with Gasteiger partial charge in [0.2, 0.25) is 11.8 Å². The van der Waals surface area contributed by atoms with E-state index in [2.05, 4.69) is 11.4 Å². The van der Waals surface area contributed by atoms with Crippen molar-refractivity contribution >= 4 is 11.8 Å². The maximum Gasteiger partial charge on any atom is 0.237 e. The van der Waals surface area contributed by atoms with E-state index >= 15 is 0 Å². The quantitative estimate of drug-likeness (QED) is 0.804. The van der Waals surface area contributed by atoms with Crippen LogP contribution in [0.4, 0.5) is 0 Å². The molecule has 0 aromatic heterocycles. The second-order valence-corrected chi connectivity index (χ2v) is 7.76. The van der Waals surface area contributed by atoms with Crippen LogP contribution in [0.15, 0.2) is 0 Å². The molecule has 0 atom stereocenters. The smallest absolute Gasteiger partial charge is 0.237 e. The summed E-state index contributed by atoms with van der Waals surface area (Å²) in [5.41, 5.74) is -0.966. The normalized spacial score (nSPS) is 17.2. The van der Waals surface area contributed by atoms with Crippen LogP contribution in [-0.2, 0) is 9.59 Å². The highest BCUT2D eigenvalue weighted by atomic mass is 16.2. The van der Waals surface area contributed by atoms with Gasteiger partial charge in [0.25, 0.3) is 0 Å². The number of nitriles is 1. The molecule has 1 aliphatic carbocycles. The van der Waals surface area contributed by atoms with Crippen LogP contribution in [0.3, 0.4) is 0 Å². The monoisotopic (exact) mass is 336 g/mol. The molecule has 0 bridgehead atoms. The first-order chi connectivity index (χ1) is 11.1. The molecule has 1 aliphatic rings. The predicted octanol–water partition coefficient (Wildman–Crippen LogP) is 1.91. The number of nitrogens with one attached hydrogen (secondary N) is 1. The molecule has 0 aliphatic heterocycles. The summed E-state index contributed by atoms with van der Waals surface area (Å²) in [6.45, 7) is 8.68. The Balaban J connectivity index is 2.66. The van der Waals surface area contributed by atoms with E-state index in [1.54, 1.807) is 11.9 Å². The molecule has 0 aromatic rings. The van der Waals surface area contributed by atoms with Crippen molar-refractivity contribution in [2.75, 3.05) is 26.7 Å². The topological polar surface area (TPSA) is 76.4 Å². The second-order valence-electron chi connectivity index (χ2n) is 7.76. The highest BCUT2D eigenvalue weighted by molar-refractivity contribution is 5.82. The lowest BCUT2D eigenvalue weighted by Crippen LogP contribution is -2.53. The summed E-state index contributed by atoms with van der Waals surface area (Å²) < 4.78 is 0. The van der Waals surface area contributed by atoms with Crippen molar-refractivity contribution in [3.63, 3.8) is 0 Å². The SMILES string of the molecule is CCN(CC(=O)NC(C)(C)C)CC(=O)N(C)C1(C#N)CCCCC1. The summed E-state index contributed by atoms with van der Waals surface area (Å²) in [5, 5.41) is 12.5. The first-order valence-electron chi connectivity index (χ1n) is 8.85. The van der Waals surface area contributed by atoms with Gasteiger partial charge in [0.1, 0.15) is 5.54 Å². The Kier molecular flexibility index (Phi) is 7.22. The van der Waals surface area contributed by atoms with Crippen LogP contribution in [0.25, 0.3) is 0 Å². The Labute approximate surface area is 146 Å². The van der Waals surface area contributed by atoms with Crippen molar-refractivity contribution in [2.45, 2.75) is 70.9 Å². The first kappa shape index (κ1) is 20.4. The molecule has 136 valence electrons.